The minimum atomic E-state index is -1.00. The van der Waals surface area contributed by atoms with Crippen LogP contribution in [0.2, 0.25) is 0 Å². The third-order valence-corrected chi connectivity index (χ3v) is 3.71. The van der Waals surface area contributed by atoms with Crippen LogP contribution in [0.4, 0.5) is 5.69 Å². The van der Waals surface area contributed by atoms with E-state index < -0.39 is 16.8 Å². The first kappa shape index (κ1) is 16.5. The van der Waals surface area contributed by atoms with E-state index >= 15 is 0 Å². The Balaban J connectivity index is 1.67. The lowest BCUT2D eigenvalue weighted by Crippen LogP contribution is -2.24. The molecule has 0 amide bonds. The van der Waals surface area contributed by atoms with E-state index in [1.165, 1.54) is 24.3 Å². The van der Waals surface area contributed by atoms with Crippen molar-refractivity contribution in [3.8, 4) is 0 Å². The Kier molecular flexibility index (Phi) is 4.31. The number of nitrogens with zero attached hydrogens (tertiary/aromatic N) is 4. The topological polar surface area (TPSA) is 113 Å². The molecule has 2 aromatic rings. The van der Waals surface area contributed by atoms with Crippen LogP contribution in [0.25, 0.3) is 0 Å². The van der Waals surface area contributed by atoms with E-state index in [-0.39, 0.29) is 11.8 Å². The molecule has 2 heterocycles. The molecule has 1 aliphatic heterocycles. The van der Waals surface area contributed by atoms with Gasteiger partial charge in [0.05, 0.1) is 24.3 Å². The van der Waals surface area contributed by atoms with Gasteiger partial charge in [0.15, 0.2) is 5.79 Å². The summed E-state index contributed by atoms with van der Waals surface area (Å²) in [7, 11) is 0. The first-order valence-corrected chi connectivity index (χ1v) is 7.48. The molecular weight excluding hydrogens is 316 g/mol. The molecular formula is C15H18N4O5. The Bertz CT molecular complexity index is 728. The maximum atomic E-state index is 10.7. The van der Waals surface area contributed by atoms with Crippen molar-refractivity contribution in [3.63, 3.8) is 0 Å². The van der Waals surface area contributed by atoms with Crippen molar-refractivity contribution in [1.29, 1.82) is 0 Å². The minimum Gasteiger partial charge on any atom is -0.382 e. The highest BCUT2D eigenvalue weighted by atomic mass is 16.7. The predicted octanol–water partition coefficient (Wildman–Crippen LogP) is 1.42. The molecule has 0 spiro atoms. The Morgan fingerprint density at radius 3 is 2.75 bits per heavy atom. The second-order valence-corrected chi connectivity index (χ2v) is 6.07. The number of ether oxygens (including phenoxy) is 2. The highest BCUT2D eigenvalue weighted by Gasteiger charge is 2.33. The number of hydrogen-bond acceptors (Lipinski definition) is 7. The summed E-state index contributed by atoms with van der Waals surface area (Å²) in [4.78, 5) is 10.2. The maximum Gasteiger partial charge on any atom is 0.269 e. The van der Waals surface area contributed by atoms with E-state index in [4.69, 9.17) is 9.47 Å². The van der Waals surface area contributed by atoms with E-state index in [0.29, 0.717) is 24.4 Å². The molecule has 1 aromatic heterocycles. The Morgan fingerprint density at radius 2 is 2.17 bits per heavy atom. The number of rotatable bonds is 5. The van der Waals surface area contributed by atoms with Crippen molar-refractivity contribution in [2.24, 2.45) is 0 Å². The molecule has 1 aromatic carbocycles. The second kappa shape index (κ2) is 6.27. The third-order valence-electron chi connectivity index (χ3n) is 3.71. The number of nitro groups is 1. The highest BCUT2D eigenvalue weighted by Crippen LogP contribution is 2.24. The normalized spacial score (nSPS) is 20.9. The fourth-order valence-corrected chi connectivity index (χ4v) is 2.54. The zero-order valence-electron chi connectivity index (χ0n) is 13.3. The van der Waals surface area contributed by atoms with Crippen LogP contribution in [-0.2, 0) is 16.0 Å². The van der Waals surface area contributed by atoms with Gasteiger partial charge in [0.1, 0.15) is 17.9 Å². The van der Waals surface area contributed by atoms with Gasteiger partial charge in [0, 0.05) is 12.1 Å². The zero-order valence-corrected chi connectivity index (χ0v) is 13.3. The summed E-state index contributed by atoms with van der Waals surface area (Å²) in [5.74, 6) is -0.605. The molecule has 1 unspecified atom stereocenters. The minimum absolute atomic E-state index is 0.0319. The fourth-order valence-electron chi connectivity index (χ4n) is 2.54. The molecule has 9 heteroatoms. The molecule has 1 aliphatic rings. The number of aliphatic hydroxyl groups is 1. The van der Waals surface area contributed by atoms with Gasteiger partial charge in [-0.15, -0.1) is 5.10 Å². The van der Waals surface area contributed by atoms with E-state index in [1.54, 1.807) is 10.9 Å². The van der Waals surface area contributed by atoms with E-state index in [0.717, 1.165) is 0 Å². The number of aromatic nitrogens is 3. The number of non-ortho nitro benzene ring substituents is 1. The van der Waals surface area contributed by atoms with Crippen molar-refractivity contribution in [1.82, 2.24) is 15.0 Å². The van der Waals surface area contributed by atoms with Crippen LogP contribution in [-0.4, -0.2) is 43.5 Å². The van der Waals surface area contributed by atoms with Crippen LogP contribution >= 0.6 is 0 Å². The van der Waals surface area contributed by atoms with Crippen LogP contribution in [0.15, 0.2) is 30.5 Å². The molecule has 128 valence electrons. The first-order chi connectivity index (χ1) is 11.3. The summed E-state index contributed by atoms with van der Waals surface area (Å²) in [5, 5.41) is 28.9. The van der Waals surface area contributed by atoms with Gasteiger partial charge in [-0.1, -0.05) is 5.21 Å². The van der Waals surface area contributed by atoms with E-state index in [9.17, 15) is 15.2 Å². The molecule has 0 radical (unpaired) electrons. The second-order valence-electron chi connectivity index (χ2n) is 6.07. The molecule has 1 saturated heterocycles. The van der Waals surface area contributed by atoms with Crippen molar-refractivity contribution < 1.29 is 19.5 Å². The first-order valence-electron chi connectivity index (χ1n) is 7.48. The summed E-state index contributed by atoms with van der Waals surface area (Å²) in [5.41, 5.74) is 0.840. The van der Waals surface area contributed by atoms with Gasteiger partial charge >= 0.3 is 0 Å². The summed E-state index contributed by atoms with van der Waals surface area (Å²) in [6, 6.07) is 5.68. The number of nitro benzene ring substituents is 1. The maximum absolute atomic E-state index is 10.7. The predicted molar refractivity (Wildman–Crippen MR) is 82.1 cm³/mol. The molecule has 1 fully saturated rings. The monoisotopic (exact) mass is 334 g/mol. The van der Waals surface area contributed by atoms with Gasteiger partial charge in [0.25, 0.3) is 5.69 Å². The number of benzene rings is 1. The van der Waals surface area contributed by atoms with E-state index in [1.807, 2.05) is 13.8 Å². The highest BCUT2D eigenvalue weighted by molar-refractivity contribution is 5.35. The summed E-state index contributed by atoms with van der Waals surface area (Å²) < 4.78 is 12.8. The van der Waals surface area contributed by atoms with Crippen LogP contribution in [0, 0.1) is 10.1 Å². The third kappa shape index (κ3) is 3.58. The SMILES string of the molecule is CC1(C)OC[C@H](Cn2cc(C(O)c3ccc([N+](=O)[O-])cc3)nn2)O1. The quantitative estimate of drug-likeness (QED) is 0.650. The largest absolute Gasteiger partial charge is 0.382 e. The van der Waals surface area contributed by atoms with Crippen LogP contribution in [0.5, 0.6) is 0 Å². The van der Waals surface area contributed by atoms with Gasteiger partial charge in [-0.05, 0) is 31.5 Å². The smallest absolute Gasteiger partial charge is 0.269 e. The molecule has 24 heavy (non-hydrogen) atoms. The van der Waals surface area contributed by atoms with Gasteiger partial charge in [0.2, 0.25) is 0 Å². The molecule has 3 rings (SSSR count). The van der Waals surface area contributed by atoms with Crippen LogP contribution < -0.4 is 0 Å². The van der Waals surface area contributed by atoms with Gasteiger partial charge in [-0.25, -0.2) is 4.68 Å². The lowest BCUT2D eigenvalue weighted by molar-refractivity contribution is -0.384. The Labute approximate surface area is 138 Å². The van der Waals surface area contributed by atoms with E-state index in [2.05, 4.69) is 10.3 Å². The van der Waals surface area contributed by atoms with Crippen molar-refractivity contribution in [2.75, 3.05) is 6.61 Å². The van der Waals surface area contributed by atoms with Crippen LogP contribution in [0.1, 0.15) is 31.2 Å². The standard InChI is InChI=1S/C15H18N4O5/c1-15(2)23-9-12(24-15)7-18-8-13(16-17-18)14(20)10-3-5-11(6-4-10)19(21)22/h3-6,8,12,14,20H,7,9H2,1-2H3/t12-,14?/m0/s1. The average Bonchev–Trinajstić information content (AvgIpc) is 3.13. The average molecular weight is 334 g/mol. The molecule has 0 saturated carbocycles. The molecule has 9 nitrogen and oxygen atoms in total. The molecule has 1 N–H and O–H groups in total. The van der Waals surface area contributed by atoms with Gasteiger partial charge < -0.3 is 14.6 Å². The lowest BCUT2D eigenvalue weighted by atomic mass is 10.1. The molecule has 0 aliphatic carbocycles. The fraction of sp³-hybridized carbons (Fsp3) is 0.467. The molecule has 0 bridgehead atoms. The number of hydrogen-bond donors (Lipinski definition) is 1. The summed E-state index contributed by atoms with van der Waals surface area (Å²) in [6.07, 6.45) is 0.489. The van der Waals surface area contributed by atoms with Crippen molar-refractivity contribution in [2.45, 2.75) is 38.4 Å². The van der Waals surface area contributed by atoms with Crippen molar-refractivity contribution in [3.05, 3.63) is 51.8 Å². The van der Waals surface area contributed by atoms with Gasteiger partial charge in [-0.3, -0.25) is 10.1 Å². The van der Waals surface area contributed by atoms with Gasteiger partial charge in [-0.2, -0.15) is 0 Å². The molecule has 2 atom stereocenters. The van der Waals surface area contributed by atoms with Crippen LogP contribution in [0.3, 0.4) is 0 Å². The lowest BCUT2D eigenvalue weighted by Gasteiger charge is -2.16. The zero-order chi connectivity index (χ0) is 17.3. The Hall–Kier alpha value is -2.36. The summed E-state index contributed by atoms with van der Waals surface area (Å²) >= 11 is 0. The summed E-state index contributed by atoms with van der Waals surface area (Å²) in [6.45, 7) is 4.62. The Morgan fingerprint density at radius 1 is 1.46 bits per heavy atom. The number of aliphatic hydroxyl groups excluding tert-OH is 1. The van der Waals surface area contributed by atoms with Crippen molar-refractivity contribution >= 4 is 5.69 Å².